The molecule has 0 aromatic heterocycles. The van der Waals surface area contributed by atoms with E-state index in [1.165, 1.54) is 0 Å². The lowest BCUT2D eigenvalue weighted by molar-refractivity contribution is 0.198. The van der Waals surface area contributed by atoms with Crippen molar-refractivity contribution in [1.82, 2.24) is 10.2 Å². The smallest absolute Gasteiger partial charge is 0.323 e. The van der Waals surface area contributed by atoms with Crippen LogP contribution in [0.5, 0.6) is 11.5 Å². The molecule has 0 bridgehead atoms. The van der Waals surface area contributed by atoms with Gasteiger partial charge in [-0.15, -0.1) is 0 Å². The number of carbonyl (C=O) groups excluding carboxylic acids is 1. The lowest BCUT2D eigenvalue weighted by Gasteiger charge is -2.25. The van der Waals surface area contributed by atoms with Crippen LogP contribution < -0.4 is 14.8 Å². The maximum atomic E-state index is 12.0. The van der Waals surface area contributed by atoms with Crippen LogP contribution in [0.2, 0.25) is 0 Å². The van der Waals surface area contributed by atoms with E-state index in [1.54, 1.807) is 25.2 Å². The standard InChI is InChI=1S/C15H21N3O3/c1-9(2)8-18-13(14(16)17-15(18)19)10-5-6-11(20-3)12(7-10)21-4/h5-7,9,13H,8H2,1-4H3,(H2,16,17,19). The Morgan fingerprint density at radius 1 is 1.29 bits per heavy atom. The minimum absolute atomic E-state index is 0.188. The fraction of sp³-hybridized carbons (Fsp3) is 0.467. The molecule has 1 atom stereocenters. The molecule has 1 heterocycles. The highest BCUT2D eigenvalue weighted by molar-refractivity contribution is 6.06. The SMILES string of the molecule is COc1ccc(C2C(=N)NC(=O)N2CC(C)C)cc1OC. The Labute approximate surface area is 124 Å². The largest absolute Gasteiger partial charge is 0.493 e. The van der Waals surface area contributed by atoms with E-state index in [9.17, 15) is 4.79 Å². The molecule has 1 aromatic rings. The van der Waals surface area contributed by atoms with E-state index in [0.29, 0.717) is 24.0 Å². The van der Waals surface area contributed by atoms with Crippen molar-refractivity contribution >= 4 is 11.9 Å². The number of hydrogen-bond donors (Lipinski definition) is 2. The number of amidine groups is 1. The number of methoxy groups -OCH3 is 2. The van der Waals surface area contributed by atoms with Gasteiger partial charge in [0.25, 0.3) is 0 Å². The fourth-order valence-corrected chi connectivity index (χ4v) is 2.48. The normalized spacial score (nSPS) is 18.1. The van der Waals surface area contributed by atoms with Crippen LogP contribution in [-0.4, -0.2) is 37.5 Å². The summed E-state index contributed by atoms with van der Waals surface area (Å²) in [5, 5.41) is 10.6. The summed E-state index contributed by atoms with van der Waals surface area (Å²) in [7, 11) is 3.14. The van der Waals surface area contributed by atoms with E-state index in [0.717, 1.165) is 5.56 Å². The van der Waals surface area contributed by atoms with Crippen molar-refractivity contribution in [3.63, 3.8) is 0 Å². The predicted molar refractivity (Wildman–Crippen MR) is 80.1 cm³/mol. The average molecular weight is 291 g/mol. The molecule has 0 saturated carbocycles. The quantitative estimate of drug-likeness (QED) is 0.874. The highest BCUT2D eigenvalue weighted by Crippen LogP contribution is 2.34. The molecule has 21 heavy (non-hydrogen) atoms. The minimum Gasteiger partial charge on any atom is -0.493 e. The zero-order valence-electron chi connectivity index (χ0n) is 12.8. The summed E-state index contributed by atoms with van der Waals surface area (Å²) in [6, 6.07) is 4.82. The van der Waals surface area contributed by atoms with Gasteiger partial charge in [-0.3, -0.25) is 10.7 Å². The number of hydrogen-bond acceptors (Lipinski definition) is 4. The second kappa shape index (κ2) is 6.03. The van der Waals surface area contributed by atoms with Gasteiger partial charge in [0.05, 0.1) is 14.2 Å². The van der Waals surface area contributed by atoms with Crippen LogP contribution in [0.25, 0.3) is 0 Å². The molecule has 0 aliphatic carbocycles. The van der Waals surface area contributed by atoms with Crippen LogP contribution in [-0.2, 0) is 0 Å². The van der Waals surface area contributed by atoms with E-state index >= 15 is 0 Å². The minimum atomic E-state index is -0.403. The summed E-state index contributed by atoms with van der Waals surface area (Å²) < 4.78 is 10.5. The van der Waals surface area contributed by atoms with Crippen LogP contribution in [0.3, 0.4) is 0 Å². The molecule has 2 rings (SSSR count). The molecule has 114 valence electrons. The van der Waals surface area contributed by atoms with E-state index in [1.807, 2.05) is 26.0 Å². The molecule has 1 aliphatic rings. The number of amides is 2. The highest BCUT2D eigenvalue weighted by Gasteiger charge is 2.37. The van der Waals surface area contributed by atoms with Crippen molar-refractivity contribution in [2.45, 2.75) is 19.9 Å². The zero-order valence-corrected chi connectivity index (χ0v) is 12.8. The topological polar surface area (TPSA) is 74.7 Å². The van der Waals surface area contributed by atoms with E-state index in [-0.39, 0.29) is 11.9 Å². The Balaban J connectivity index is 2.38. The average Bonchev–Trinajstić information content (AvgIpc) is 2.72. The van der Waals surface area contributed by atoms with E-state index in [2.05, 4.69) is 5.32 Å². The first-order valence-electron chi connectivity index (χ1n) is 6.86. The van der Waals surface area contributed by atoms with Gasteiger partial charge in [-0.1, -0.05) is 19.9 Å². The molecular weight excluding hydrogens is 270 g/mol. The Morgan fingerprint density at radius 2 is 1.95 bits per heavy atom. The molecule has 2 N–H and O–H groups in total. The maximum Gasteiger partial charge on any atom is 0.323 e. The Kier molecular flexibility index (Phi) is 4.35. The van der Waals surface area contributed by atoms with Gasteiger partial charge < -0.3 is 14.4 Å². The Bertz CT molecular complexity index is 557. The van der Waals surface area contributed by atoms with Crippen LogP contribution in [0, 0.1) is 11.3 Å². The zero-order chi connectivity index (χ0) is 15.6. The van der Waals surface area contributed by atoms with Gasteiger partial charge in [-0.2, -0.15) is 0 Å². The number of carbonyl (C=O) groups is 1. The van der Waals surface area contributed by atoms with Crippen molar-refractivity contribution in [2.75, 3.05) is 20.8 Å². The van der Waals surface area contributed by atoms with Crippen molar-refractivity contribution in [3.05, 3.63) is 23.8 Å². The van der Waals surface area contributed by atoms with Gasteiger partial charge in [-0.25, -0.2) is 4.79 Å². The molecule has 1 saturated heterocycles. The number of ether oxygens (including phenoxy) is 2. The number of nitrogens with one attached hydrogen (secondary N) is 2. The van der Waals surface area contributed by atoms with Crippen molar-refractivity contribution in [1.29, 1.82) is 5.41 Å². The lowest BCUT2D eigenvalue weighted by Crippen LogP contribution is -2.33. The first-order chi connectivity index (χ1) is 9.97. The number of urea groups is 1. The Hall–Kier alpha value is -2.24. The second-order valence-corrected chi connectivity index (χ2v) is 5.41. The monoisotopic (exact) mass is 291 g/mol. The number of nitrogens with zero attached hydrogens (tertiary/aromatic N) is 1. The van der Waals surface area contributed by atoms with Crippen molar-refractivity contribution in [3.8, 4) is 11.5 Å². The summed E-state index contributed by atoms with van der Waals surface area (Å²) in [5.74, 6) is 1.73. The lowest BCUT2D eigenvalue weighted by atomic mass is 10.0. The summed E-state index contributed by atoms with van der Waals surface area (Å²) in [6.07, 6.45) is 0. The molecule has 6 heteroatoms. The van der Waals surface area contributed by atoms with E-state index in [4.69, 9.17) is 14.9 Å². The van der Waals surface area contributed by atoms with Crippen LogP contribution in [0.4, 0.5) is 4.79 Å². The maximum absolute atomic E-state index is 12.0. The molecule has 0 spiro atoms. The molecule has 1 fully saturated rings. The molecular formula is C15H21N3O3. The first kappa shape index (κ1) is 15.2. The second-order valence-electron chi connectivity index (χ2n) is 5.41. The highest BCUT2D eigenvalue weighted by atomic mass is 16.5. The van der Waals surface area contributed by atoms with Gasteiger partial charge in [0, 0.05) is 6.54 Å². The fourth-order valence-electron chi connectivity index (χ4n) is 2.48. The number of benzene rings is 1. The summed E-state index contributed by atoms with van der Waals surface area (Å²) in [4.78, 5) is 13.7. The van der Waals surface area contributed by atoms with Crippen LogP contribution in [0.1, 0.15) is 25.5 Å². The van der Waals surface area contributed by atoms with Crippen molar-refractivity contribution in [2.24, 2.45) is 5.92 Å². The molecule has 1 unspecified atom stereocenters. The van der Waals surface area contributed by atoms with Gasteiger partial charge in [0.15, 0.2) is 11.5 Å². The van der Waals surface area contributed by atoms with Gasteiger partial charge in [0.2, 0.25) is 0 Å². The number of rotatable bonds is 5. The first-order valence-corrected chi connectivity index (χ1v) is 6.86. The van der Waals surface area contributed by atoms with Crippen LogP contribution in [0.15, 0.2) is 18.2 Å². The summed E-state index contributed by atoms with van der Waals surface area (Å²) in [6.45, 7) is 4.68. The molecule has 0 radical (unpaired) electrons. The third-order valence-electron chi connectivity index (χ3n) is 3.37. The van der Waals surface area contributed by atoms with E-state index < -0.39 is 6.04 Å². The van der Waals surface area contributed by atoms with Crippen molar-refractivity contribution < 1.29 is 14.3 Å². The molecule has 6 nitrogen and oxygen atoms in total. The molecule has 1 aromatic carbocycles. The predicted octanol–water partition coefficient (Wildman–Crippen LogP) is 2.40. The third kappa shape index (κ3) is 2.94. The molecule has 2 amide bonds. The third-order valence-corrected chi connectivity index (χ3v) is 3.37. The van der Waals surface area contributed by atoms with Crippen LogP contribution >= 0.6 is 0 Å². The summed E-state index contributed by atoms with van der Waals surface area (Å²) >= 11 is 0. The van der Waals surface area contributed by atoms with Gasteiger partial charge in [-0.05, 0) is 23.6 Å². The summed E-state index contributed by atoms with van der Waals surface area (Å²) in [5.41, 5.74) is 0.830. The Morgan fingerprint density at radius 3 is 2.52 bits per heavy atom. The van der Waals surface area contributed by atoms with Gasteiger partial charge >= 0.3 is 6.03 Å². The molecule has 1 aliphatic heterocycles. The van der Waals surface area contributed by atoms with Gasteiger partial charge in [0.1, 0.15) is 11.9 Å².